The van der Waals surface area contributed by atoms with Crippen molar-refractivity contribution in [3.8, 4) is 0 Å². The number of aromatic nitrogens is 1. The smallest absolute Gasteiger partial charge is 0.307 e. The number of pyridine rings is 1. The van der Waals surface area contributed by atoms with Crippen LogP contribution in [0.1, 0.15) is 38.9 Å². The molecule has 0 radical (unpaired) electrons. The summed E-state index contributed by atoms with van der Waals surface area (Å²) in [6, 6.07) is 5.90. The Morgan fingerprint density at radius 1 is 1.47 bits per heavy atom. The van der Waals surface area contributed by atoms with Crippen molar-refractivity contribution in [1.82, 2.24) is 10.3 Å². The quantitative estimate of drug-likeness (QED) is 0.768. The molecule has 0 aliphatic heterocycles. The van der Waals surface area contributed by atoms with Crippen LogP contribution in [0.25, 0.3) is 0 Å². The average molecular weight is 236 g/mol. The number of hydrogen-bond donors (Lipinski definition) is 1. The van der Waals surface area contributed by atoms with Crippen LogP contribution >= 0.6 is 0 Å². The van der Waals surface area contributed by atoms with Gasteiger partial charge in [-0.25, -0.2) is 0 Å². The third kappa shape index (κ3) is 4.95. The first-order valence-electron chi connectivity index (χ1n) is 5.96. The lowest BCUT2D eigenvalue weighted by Gasteiger charge is -2.19. The summed E-state index contributed by atoms with van der Waals surface area (Å²) in [4.78, 5) is 15.8. The summed E-state index contributed by atoms with van der Waals surface area (Å²) in [6.07, 6.45) is 2.04. The number of carbonyl (C=O) groups is 1. The summed E-state index contributed by atoms with van der Waals surface area (Å²) in [6.45, 7) is 6.31. The first kappa shape index (κ1) is 13.6. The van der Waals surface area contributed by atoms with Gasteiger partial charge in [0.15, 0.2) is 0 Å². The predicted molar refractivity (Wildman–Crippen MR) is 66.5 cm³/mol. The molecule has 1 aromatic rings. The Morgan fingerprint density at radius 3 is 2.76 bits per heavy atom. The Balaban J connectivity index is 2.70. The number of ether oxygens (including phenoxy) is 1. The molecule has 4 nitrogen and oxygen atoms in total. The van der Waals surface area contributed by atoms with E-state index in [-0.39, 0.29) is 18.1 Å². The number of carbonyl (C=O) groups excluding carboxylic acids is 1. The summed E-state index contributed by atoms with van der Waals surface area (Å²) in [5, 5.41) is 3.32. The van der Waals surface area contributed by atoms with Crippen molar-refractivity contribution in [2.75, 3.05) is 6.61 Å². The van der Waals surface area contributed by atoms with Gasteiger partial charge in [0.2, 0.25) is 0 Å². The van der Waals surface area contributed by atoms with Crippen LogP contribution in [-0.2, 0) is 9.53 Å². The Hall–Kier alpha value is -1.42. The predicted octanol–water partition coefficient (Wildman–Crippen LogP) is 2.07. The summed E-state index contributed by atoms with van der Waals surface area (Å²) in [7, 11) is 0. The van der Waals surface area contributed by atoms with Gasteiger partial charge in [-0.2, -0.15) is 0 Å². The van der Waals surface area contributed by atoms with E-state index in [1.807, 2.05) is 39.0 Å². The van der Waals surface area contributed by atoms with Gasteiger partial charge in [-0.1, -0.05) is 19.9 Å². The number of esters is 1. The van der Waals surface area contributed by atoms with Gasteiger partial charge in [0.05, 0.1) is 24.8 Å². The maximum atomic E-state index is 11.5. The van der Waals surface area contributed by atoms with Gasteiger partial charge in [0.1, 0.15) is 0 Å². The van der Waals surface area contributed by atoms with Crippen LogP contribution in [0.2, 0.25) is 0 Å². The highest BCUT2D eigenvalue weighted by Crippen LogP contribution is 2.15. The standard InChI is InChI=1S/C13H20N2O2/c1-4-17-13(16)9-12(15-10(2)3)11-7-5-6-8-14-11/h5-8,10,12,15H,4,9H2,1-3H3. The van der Waals surface area contributed by atoms with E-state index in [1.54, 1.807) is 6.20 Å². The molecule has 1 N–H and O–H groups in total. The second-order valence-corrected chi connectivity index (χ2v) is 4.14. The highest BCUT2D eigenvalue weighted by molar-refractivity contribution is 5.70. The Kier molecular flexibility index (Phi) is 5.63. The van der Waals surface area contributed by atoms with Gasteiger partial charge >= 0.3 is 5.97 Å². The van der Waals surface area contributed by atoms with Crippen molar-refractivity contribution in [3.05, 3.63) is 30.1 Å². The van der Waals surface area contributed by atoms with Crippen molar-refractivity contribution in [2.45, 2.75) is 39.3 Å². The molecular weight excluding hydrogens is 216 g/mol. The molecule has 0 bridgehead atoms. The highest BCUT2D eigenvalue weighted by atomic mass is 16.5. The van der Waals surface area contributed by atoms with E-state index >= 15 is 0 Å². The zero-order valence-electron chi connectivity index (χ0n) is 10.6. The van der Waals surface area contributed by atoms with Gasteiger partial charge in [0.25, 0.3) is 0 Å². The van der Waals surface area contributed by atoms with Crippen molar-refractivity contribution in [3.63, 3.8) is 0 Å². The van der Waals surface area contributed by atoms with E-state index in [0.29, 0.717) is 13.0 Å². The Bertz CT molecular complexity index is 339. The van der Waals surface area contributed by atoms with Crippen molar-refractivity contribution >= 4 is 5.97 Å². The molecule has 4 heteroatoms. The molecular formula is C13H20N2O2. The van der Waals surface area contributed by atoms with Crippen molar-refractivity contribution in [1.29, 1.82) is 0 Å². The van der Waals surface area contributed by atoms with E-state index in [2.05, 4.69) is 10.3 Å². The van der Waals surface area contributed by atoms with E-state index in [1.165, 1.54) is 0 Å². The lowest BCUT2D eigenvalue weighted by atomic mass is 10.1. The van der Waals surface area contributed by atoms with Gasteiger partial charge < -0.3 is 10.1 Å². The maximum absolute atomic E-state index is 11.5. The molecule has 0 aliphatic carbocycles. The Morgan fingerprint density at radius 2 is 2.24 bits per heavy atom. The molecule has 1 heterocycles. The number of nitrogens with one attached hydrogen (secondary N) is 1. The SMILES string of the molecule is CCOC(=O)CC(NC(C)C)c1ccccn1. The second-order valence-electron chi connectivity index (χ2n) is 4.14. The summed E-state index contributed by atoms with van der Waals surface area (Å²) < 4.78 is 4.97. The molecule has 0 amide bonds. The minimum atomic E-state index is -0.198. The number of nitrogens with zero attached hydrogens (tertiary/aromatic N) is 1. The fourth-order valence-corrected chi connectivity index (χ4v) is 1.62. The second kappa shape index (κ2) is 7.01. The van der Waals surface area contributed by atoms with Crippen LogP contribution in [0.4, 0.5) is 0 Å². The van der Waals surface area contributed by atoms with Crippen LogP contribution in [0.5, 0.6) is 0 Å². The summed E-state index contributed by atoms with van der Waals surface area (Å²) in [5.74, 6) is -0.198. The molecule has 1 atom stereocenters. The molecule has 0 fully saturated rings. The van der Waals surface area contributed by atoms with Crippen LogP contribution in [0.15, 0.2) is 24.4 Å². The molecule has 0 saturated carbocycles. The lowest BCUT2D eigenvalue weighted by molar-refractivity contribution is -0.143. The van der Waals surface area contributed by atoms with Gasteiger partial charge in [-0.15, -0.1) is 0 Å². The van der Waals surface area contributed by atoms with Crippen LogP contribution in [0, 0.1) is 0 Å². The zero-order valence-corrected chi connectivity index (χ0v) is 10.6. The first-order valence-corrected chi connectivity index (χ1v) is 5.96. The topological polar surface area (TPSA) is 51.2 Å². The van der Waals surface area contributed by atoms with Crippen LogP contribution in [-0.4, -0.2) is 23.6 Å². The summed E-state index contributed by atoms with van der Waals surface area (Å²) in [5.41, 5.74) is 0.870. The molecule has 1 aromatic heterocycles. The molecule has 1 unspecified atom stereocenters. The molecule has 94 valence electrons. The molecule has 17 heavy (non-hydrogen) atoms. The summed E-state index contributed by atoms with van der Waals surface area (Å²) >= 11 is 0. The number of rotatable bonds is 6. The zero-order chi connectivity index (χ0) is 12.7. The molecule has 0 aromatic carbocycles. The maximum Gasteiger partial charge on any atom is 0.307 e. The minimum Gasteiger partial charge on any atom is -0.466 e. The Labute approximate surface area is 102 Å². The highest BCUT2D eigenvalue weighted by Gasteiger charge is 2.18. The fourth-order valence-electron chi connectivity index (χ4n) is 1.62. The van der Waals surface area contributed by atoms with E-state index in [4.69, 9.17) is 4.74 Å². The van der Waals surface area contributed by atoms with Crippen molar-refractivity contribution in [2.24, 2.45) is 0 Å². The van der Waals surface area contributed by atoms with Gasteiger partial charge in [-0.3, -0.25) is 9.78 Å². The molecule has 0 aliphatic rings. The molecule has 0 saturated heterocycles. The van der Waals surface area contributed by atoms with Gasteiger partial charge in [0, 0.05) is 12.2 Å². The third-order valence-electron chi connectivity index (χ3n) is 2.26. The normalized spacial score (nSPS) is 12.5. The van der Waals surface area contributed by atoms with E-state index in [9.17, 15) is 4.79 Å². The minimum absolute atomic E-state index is 0.0877. The fraction of sp³-hybridized carbons (Fsp3) is 0.538. The molecule has 1 rings (SSSR count). The number of hydrogen-bond acceptors (Lipinski definition) is 4. The third-order valence-corrected chi connectivity index (χ3v) is 2.26. The molecule has 0 spiro atoms. The van der Waals surface area contributed by atoms with Crippen molar-refractivity contribution < 1.29 is 9.53 Å². The van der Waals surface area contributed by atoms with Crippen LogP contribution < -0.4 is 5.32 Å². The largest absolute Gasteiger partial charge is 0.466 e. The lowest BCUT2D eigenvalue weighted by Crippen LogP contribution is -2.30. The average Bonchev–Trinajstić information content (AvgIpc) is 2.29. The van der Waals surface area contributed by atoms with Gasteiger partial charge in [-0.05, 0) is 19.1 Å². The van der Waals surface area contributed by atoms with Crippen LogP contribution in [0.3, 0.4) is 0 Å². The first-order chi connectivity index (χ1) is 8.13. The van der Waals surface area contributed by atoms with E-state index in [0.717, 1.165) is 5.69 Å². The van der Waals surface area contributed by atoms with E-state index < -0.39 is 0 Å². The monoisotopic (exact) mass is 236 g/mol.